The maximum absolute atomic E-state index is 15.5. The molecule has 1 heterocycles. The standard InChI is InChI=1S/C42H27O3P/c43-46(29-14-3-1-4-15-29,30-16-5-2-6-17-30)40-24-12-22-32-33(21-11-23-35(32)40)37-27-39-42(36-20-10-9-19-34(36)37)45-41-31-18-8-7-13-28(31)25-26-38(41)44-39/h1-27H. The summed E-state index contributed by atoms with van der Waals surface area (Å²) in [7, 11) is -3.20. The average molecular weight is 611 g/mol. The van der Waals surface area contributed by atoms with Gasteiger partial charge in [0, 0.05) is 26.7 Å². The number of rotatable bonds is 4. The number of fused-ring (bicyclic) bond motifs is 7. The maximum atomic E-state index is 15.5. The van der Waals surface area contributed by atoms with Gasteiger partial charge < -0.3 is 14.0 Å². The molecule has 46 heavy (non-hydrogen) atoms. The minimum atomic E-state index is -3.20. The first-order valence-corrected chi connectivity index (χ1v) is 17.1. The van der Waals surface area contributed by atoms with Crippen molar-refractivity contribution in [2.24, 2.45) is 0 Å². The Kier molecular flexibility index (Phi) is 6.09. The molecule has 0 spiro atoms. The fourth-order valence-corrected chi connectivity index (χ4v) is 9.73. The highest BCUT2D eigenvalue weighted by Gasteiger charge is 2.32. The Labute approximate surface area is 266 Å². The minimum Gasteiger partial charge on any atom is -0.449 e. The molecule has 1 aliphatic rings. The third-order valence-corrected chi connectivity index (χ3v) is 12.1. The van der Waals surface area contributed by atoms with Gasteiger partial charge in [0.1, 0.15) is 0 Å². The quantitative estimate of drug-likeness (QED) is 0.186. The molecule has 4 heteroatoms. The summed E-state index contributed by atoms with van der Waals surface area (Å²) in [6.45, 7) is 0. The molecule has 0 saturated carbocycles. The van der Waals surface area contributed by atoms with E-state index >= 15 is 4.57 Å². The van der Waals surface area contributed by atoms with Crippen molar-refractivity contribution in [1.82, 2.24) is 0 Å². The van der Waals surface area contributed by atoms with Gasteiger partial charge in [0.2, 0.25) is 0 Å². The molecule has 218 valence electrons. The van der Waals surface area contributed by atoms with E-state index in [4.69, 9.17) is 9.47 Å². The normalized spacial score (nSPS) is 12.3. The van der Waals surface area contributed by atoms with Gasteiger partial charge in [-0.1, -0.05) is 152 Å². The summed E-state index contributed by atoms with van der Waals surface area (Å²) in [5.41, 5.74) is 2.07. The van der Waals surface area contributed by atoms with E-state index in [1.807, 2.05) is 97.1 Å². The highest BCUT2D eigenvalue weighted by atomic mass is 31.2. The van der Waals surface area contributed by atoms with Crippen LogP contribution in [0.5, 0.6) is 23.0 Å². The van der Waals surface area contributed by atoms with Crippen molar-refractivity contribution in [2.75, 3.05) is 0 Å². The van der Waals surface area contributed by atoms with Crippen LogP contribution in [-0.2, 0) is 4.57 Å². The number of ether oxygens (including phenoxy) is 2. The Hall–Kier alpha value is -5.63. The van der Waals surface area contributed by atoms with Gasteiger partial charge in [-0.2, -0.15) is 0 Å². The van der Waals surface area contributed by atoms with E-state index in [1.165, 1.54) is 0 Å². The van der Waals surface area contributed by atoms with Crippen LogP contribution in [0.1, 0.15) is 0 Å². The van der Waals surface area contributed by atoms with Crippen LogP contribution in [0.4, 0.5) is 0 Å². The molecule has 0 bridgehead atoms. The second-order valence-electron chi connectivity index (χ2n) is 11.6. The van der Waals surface area contributed by atoms with E-state index in [-0.39, 0.29) is 0 Å². The lowest BCUT2D eigenvalue weighted by atomic mass is 9.93. The third-order valence-electron chi connectivity index (χ3n) is 9.00. The molecule has 0 aliphatic carbocycles. The second-order valence-corrected chi connectivity index (χ2v) is 14.3. The zero-order chi connectivity index (χ0) is 30.7. The van der Waals surface area contributed by atoms with Gasteiger partial charge in [-0.05, 0) is 44.8 Å². The van der Waals surface area contributed by atoms with Crippen LogP contribution >= 0.6 is 7.14 Å². The zero-order valence-electron chi connectivity index (χ0n) is 24.8. The van der Waals surface area contributed by atoms with Crippen molar-refractivity contribution in [3.05, 3.63) is 164 Å². The third kappa shape index (κ3) is 4.03. The SMILES string of the molecule is O=P(c1ccccc1)(c1ccccc1)c1cccc2c(-c3cc4c(c5ccccc35)Oc3c(ccc5ccccc35)O4)cccc12. The van der Waals surface area contributed by atoms with Crippen molar-refractivity contribution in [1.29, 1.82) is 0 Å². The number of hydrogen-bond acceptors (Lipinski definition) is 3. The van der Waals surface area contributed by atoms with E-state index < -0.39 is 7.14 Å². The summed E-state index contributed by atoms with van der Waals surface area (Å²) in [5.74, 6) is 2.81. The van der Waals surface area contributed by atoms with E-state index in [0.29, 0.717) is 17.2 Å². The molecule has 0 aromatic heterocycles. The van der Waals surface area contributed by atoms with Crippen LogP contribution in [0.3, 0.4) is 0 Å². The smallest absolute Gasteiger partial charge is 0.178 e. The molecule has 9 rings (SSSR count). The molecule has 1 aliphatic heterocycles. The summed E-state index contributed by atoms with van der Waals surface area (Å²) in [6, 6.07) is 54.8. The van der Waals surface area contributed by atoms with E-state index in [1.54, 1.807) is 0 Å². The summed E-state index contributed by atoms with van der Waals surface area (Å²) in [6.07, 6.45) is 0. The largest absolute Gasteiger partial charge is 0.449 e. The fourth-order valence-electron chi connectivity index (χ4n) is 6.86. The molecule has 3 nitrogen and oxygen atoms in total. The van der Waals surface area contributed by atoms with E-state index in [2.05, 4.69) is 66.7 Å². The Bertz CT molecular complexity index is 2460. The van der Waals surface area contributed by atoms with E-state index in [0.717, 1.165) is 65.1 Å². The van der Waals surface area contributed by atoms with Crippen LogP contribution in [0.25, 0.3) is 43.4 Å². The number of benzene rings is 8. The van der Waals surface area contributed by atoms with Crippen molar-refractivity contribution in [3.63, 3.8) is 0 Å². The molecular formula is C42H27O3P. The summed E-state index contributed by atoms with van der Waals surface area (Å²) in [4.78, 5) is 0. The lowest BCUT2D eigenvalue weighted by Gasteiger charge is -2.25. The minimum absolute atomic E-state index is 0.670. The van der Waals surface area contributed by atoms with Gasteiger partial charge in [-0.3, -0.25) is 0 Å². The first-order valence-electron chi connectivity index (χ1n) is 15.4. The molecule has 0 atom stereocenters. The van der Waals surface area contributed by atoms with Crippen LogP contribution in [0, 0.1) is 0 Å². The van der Waals surface area contributed by atoms with E-state index in [9.17, 15) is 0 Å². The van der Waals surface area contributed by atoms with Crippen LogP contribution < -0.4 is 25.4 Å². The van der Waals surface area contributed by atoms with Crippen molar-refractivity contribution < 1.29 is 14.0 Å². The molecule has 0 radical (unpaired) electrons. The lowest BCUT2D eigenvalue weighted by Crippen LogP contribution is -2.25. The highest BCUT2D eigenvalue weighted by molar-refractivity contribution is 7.85. The van der Waals surface area contributed by atoms with Crippen molar-refractivity contribution >= 4 is 55.4 Å². The van der Waals surface area contributed by atoms with Crippen LogP contribution in [0.2, 0.25) is 0 Å². The van der Waals surface area contributed by atoms with Gasteiger partial charge in [-0.15, -0.1) is 0 Å². The molecule has 0 N–H and O–H groups in total. The molecule has 0 fully saturated rings. The lowest BCUT2D eigenvalue weighted by molar-refractivity contribution is 0.367. The molecule has 0 saturated heterocycles. The Balaban J connectivity index is 1.27. The average Bonchev–Trinajstić information content (AvgIpc) is 3.13. The number of hydrogen-bond donors (Lipinski definition) is 0. The molecule has 0 unspecified atom stereocenters. The Morgan fingerprint density at radius 3 is 1.72 bits per heavy atom. The summed E-state index contributed by atoms with van der Waals surface area (Å²) < 4.78 is 28.7. The van der Waals surface area contributed by atoms with Gasteiger partial charge in [0.05, 0.1) is 0 Å². The van der Waals surface area contributed by atoms with Crippen LogP contribution in [-0.4, -0.2) is 0 Å². The summed E-state index contributed by atoms with van der Waals surface area (Å²) in [5, 5.41) is 8.59. The second kappa shape index (κ2) is 10.5. The molecular weight excluding hydrogens is 583 g/mol. The Morgan fingerprint density at radius 1 is 0.391 bits per heavy atom. The van der Waals surface area contributed by atoms with Crippen molar-refractivity contribution in [3.8, 4) is 34.1 Å². The van der Waals surface area contributed by atoms with Crippen molar-refractivity contribution in [2.45, 2.75) is 0 Å². The first kappa shape index (κ1) is 26.7. The monoisotopic (exact) mass is 610 g/mol. The van der Waals surface area contributed by atoms with Gasteiger partial charge >= 0.3 is 0 Å². The van der Waals surface area contributed by atoms with Gasteiger partial charge in [0.15, 0.2) is 30.1 Å². The fraction of sp³-hybridized carbons (Fsp3) is 0. The first-order chi connectivity index (χ1) is 22.7. The topological polar surface area (TPSA) is 35.5 Å². The summed E-state index contributed by atoms with van der Waals surface area (Å²) >= 11 is 0. The predicted octanol–water partition coefficient (Wildman–Crippen LogP) is 10.4. The zero-order valence-corrected chi connectivity index (χ0v) is 25.7. The van der Waals surface area contributed by atoms with Gasteiger partial charge in [-0.25, -0.2) is 0 Å². The predicted molar refractivity (Wildman–Crippen MR) is 190 cm³/mol. The molecule has 0 amide bonds. The maximum Gasteiger partial charge on any atom is 0.178 e. The van der Waals surface area contributed by atoms with Gasteiger partial charge in [0.25, 0.3) is 0 Å². The van der Waals surface area contributed by atoms with Crippen LogP contribution in [0.15, 0.2) is 164 Å². The Morgan fingerprint density at radius 2 is 0.957 bits per heavy atom. The highest BCUT2D eigenvalue weighted by Crippen LogP contribution is 2.53. The molecule has 8 aromatic rings. The molecule has 8 aromatic carbocycles.